The third kappa shape index (κ3) is 10.0. The summed E-state index contributed by atoms with van der Waals surface area (Å²) in [4.78, 5) is 33.5. The summed E-state index contributed by atoms with van der Waals surface area (Å²) in [7, 11) is 0. The summed E-state index contributed by atoms with van der Waals surface area (Å²) in [5.74, 6) is 1.05. The van der Waals surface area contributed by atoms with Crippen molar-refractivity contribution < 1.29 is 38.1 Å². The molecule has 0 aromatic heterocycles. The maximum absolute atomic E-state index is 12.4. The van der Waals surface area contributed by atoms with Gasteiger partial charge in [0, 0.05) is 6.42 Å². The van der Waals surface area contributed by atoms with E-state index >= 15 is 0 Å². The molecule has 0 amide bonds. The summed E-state index contributed by atoms with van der Waals surface area (Å²) < 4.78 is 26.1. The molecule has 8 heteroatoms. The van der Waals surface area contributed by atoms with E-state index in [9.17, 15) is 14.4 Å². The summed E-state index contributed by atoms with van der Waals surface area (Å²) >= 11 is 0. The normalized spacial score (nSPS) is 10.0. The van der Waals surface area contributed by atoms with Crippen molar-refractivity contribution in [2.75, 3.05) is 19.8 Å². The van der Waals surface area contributed by atoms with Crippen LogP contribution in [0.2, 0.25) is 0 Å². The minimum absolute atomic E-state index is 0.0832. The van der Waals surface area contributed by atoms with Gasteiger partial charge in [-0.05, 0) is 73.9 Å². The average molecular weight is 469 g/mol. The Kier molecular flexibility index (Phi) is 11.5. The van der Waals surface area contributed by atoms with Crippen molar-refractivity contribution >= 4 is 18.4 Å². The van der Waals surface area contributed by atoms with Crippen LogP contribution in [0.3, 0.4) is 0 Å². The van der Waals surface area contributed by atoms with Crippen LogP contribution in [0, 0.1) is 0 Å². The van der Waals surface area contributed by atoms with Crippen molar-refractivity contribution in [1.29, 1.82) is 0 Å². The number of unbranched alkanes of at least 4 members (excludes halogenated alkanes) is 1. The van der Waals surface area contributed by atoms with Crippen LogP contribution < -0.4 is 14.2 Å². The summed E-state index contributed by atoms with van der Waals surface area (Å²) in [5.41, 5.74) is 0.395. The monoisotopic (exact) mass is 468 g/mol. The number of rotatable bonds is 16. The molecule has 0 spiro atoms. The number of benzene rings is 2. The van der Waals surface area contributed by atoms with E-state index in [0.717, 1.165) is 12.8 Å². The molecule has 0 heterocycles. The summed E-state index contributed by atoms with van der Waals surface area (Å²) in [5, 5.41) is 0. The van der Waals surface area contributed by atoms with E-state index in [1.54, 1.807) is 54.6 Å². The molecule has 2 aromatic rings. The molecule has 0 saturated carbocycles. The Bertz CT molecular complexity index is 948. The van der Waals surface area contributed by atoms with Crippen LogP contribution >= 0.6 is 0 Å². The van der Waals surface area contributed by atoms with E-state index in [1.165, 1.54) is 0 Å². The molecule has 0 aliphatic heterocycles. The fourth-order valence-corrected chi connectivity index (χ4v) is 2.63. The first-order valence-corrected chi connectivity index (χ1v) is 10.8. The first-order valence-electron chi connectivity index (χ1n) is 10.8. The van der Waals surface area contributed by atoms with Crippen LogP contribution in [0.25, 0.3) is 0 Å². The number of allylic oxidation sites excluding steroid dienone is 1. The molecular formula is C26H28O8. The second-order valence-corrected chi connectivity index (χ2v) is 7.00. The fraction of sp³-hybridized carbons (Fsp3) is 0.269. The van der Waals surface area contributed by atoms with Crippen LogP contribution in [0.1, 0.15) is 36.0 Å². The Labute approximate surface area is 198 Å². The van der Waals surface area contributed by atoms with Gasteiger partial charge in [-0.2, -0.15) is 0 Å². The highest BCUT2D eigenvalue weighted by atomic mass is 16.6. The van der Waals surface area contributed by atoms with Crippen molar-refractivity contribution in [1.82, 2.24) is 0 Å². The number of ether oxygens (including phenoxy) is 5. The highest BCUT2D eigenvalue weighted by Crippen LogP contribution is 2.20. The molecule has 180 valence electrons. The zero-order chi connectivity index (χ0) is 24.6. The Balaban J connectivity index is 1.69. The molecule has 0 N–H and O–H groups in total. The minimum atomic E-state index is -0.600. The van der Waals surface area contributed by atoms with Crippen molar-refractivity contribution in [3.8, 4) is 17.2 Å². The van der Waals surface area contributed by atoms with Gasteiger partial charge >= 0.3 is 18.4 Å². The standard InChI is InChI=1S/C26H28O8/c1-3-20(2)30-16-4-5-17-31-22-10-8-21(9-11-22)26(29)34-24-14-12-23(13-15-24)32-18-6-7-25(28)33-19-27/h3,8-15,19H,1-2,4-7,16-18H2. The number of esters is 2. The highest BCUT2D eigenvalue weighted by Gasteiger charge is 2.09. The van der Waals surface area contributed by atoms with E-state index in [2.05, 4.69) is 17.9 Å². The molecule has 2 rings (SSSR count). The molecule has 0 atom stereocenters. The second-order valence-electron chi connectivity index (χ2n) is 7.00. The van der Waals surface area contributed by atoms with Gasteiger partial charge in [0.15, 0.2) is 0 Å². The molecule has 8 nitrogen and oxygen atoms in total. The van der Waals surface area contributed by atoms with Gasteiger partial charge in [-0.25, -0.2) is 4.79 Å². The maximum atomic E-state index is 12.4. The predicted molar refractivity (Wildman–Crippen MR) is 125 cm³/mol. The van der Waals surface area contributed by atoms with E-state index in [1.807, 2.05) is 0 Å². The van der Waals surface area contributed by atoms with Crippen molar-refractivity contribution in [3.05, 3.63) is 79.1 Å². The Morgan fingerprint density at radius 2 is 1.35 bits per heavy atom. The van der Waals surface area contributed by atoms with Gasteiger partial charge in [-0.1, -0.05) is 13.2 Å². The largest absolute Gasteiger partial charge is 0.494 e. The number of carbonyl (C=O) groups is 3. The van der Waals surface area contributed by atoms with Crippen LogP contribution in [0.15, 0.2) is 73.5 Å². The quantitative estimate of drug-likeness (QED) is 0.0669. The maximum Gasteiger partial charge on any atom is 0.343 e. The third-order valence-electron chi connectivity index (χ3n) is 4.42. The molecule has 0 unspecified atom stereocenters. The smallest absolute Gasteiger partial charge is 0.343 e. The second kappa shape index (κ2) is 14.9. The minimum Gasteiger partial charge on any atom is -0.494 e. The fourth-order valence-electron chi connectivity index (χ4n) is 2.63. The lowest BCUT2D eigenvalue weighted by molar-refractivity contribution is -0.151. The van der Waals surface area contributed by atoms with Gasteiger partial charge in [0.25, 0.3) is 0 Å². The van der Waals surface area contributed by atoms with Gasteiger partial charge in [0.05, 0.1) is 25.4 Å². The highest BCUT2D eigenvalue weighted by molar-refractivity contribution is 5.91. The molecule has 0 aliphatic carbocycles. The van der Waals surface area contributed by atoms with Crippen molar-refractivity contribution in [2.24, 2.45) is 0 Å². The molecule has 0 radical (unpaired) electrons. The lowest BCUT2D eigenvalue weighted by Crippen LogP contribution is -2.08. The first kappa shape index (κ1) is 26.2. The molecule has 34 heavy (non-hydrogen) atoms. The molecular weight excluding hydrogens is 440 g/mol. The molecule has 0 saturated heterocycles. The molecule has 0 fully saturated rings. The number of carbonyl (C=O) groups excluding carboxylic acids is 3. The zero-order valence-corrected chi connectivity index (χ0v) is 18.9. The first-order chi connectivity index (χ1) is 16.5. The van der Waals surface area contributed by atoms with E-state index in [4.69, 9.17) is 18.9 Å². The predicted octanol–water partition coefficient (Wildman–Crippen LogP) is 4.64. The SMILES string of the molecule is C=CC(=C)OCCCCOc1ccc(C(=O)Oc2ccc(OCCCC(=O)OC=O)cc2)cc1. The molecule has 2 aromatic carbocycles. The van der Waals surface area contributed by atoms with Gasteiger partial charge in [-0.3, -0.25) is 9.59 Å². The van der Waals surface area contributed by atoms with Crippen LogP contribution in [0.5, 0.6) is 17.2 Å². The Morgan fingerprint density at radius 1 is 0.794 bits per heavy atom. The lowest BCUT2D eigenvalue weighted by atomic mass is 10.2. The molecule has 0 aliphatic rings. The van der Waals surface area contributed by atoms with E-state index in [0.29, 0.717) is 48.2 Å². The Morgan fingerprint density at radius 3 is 1.97 bits per heavy atom. The van der Waals surface area contributed by atoms with Gasteiger partial charge in [-0.15, -0.1) is 0 Å². The summed E-state index contributed by atoms with van der Waals surface area (Å²) in [6.45, 7) is 8.73. The summed E-state index contributed by atoms with van der Waals surface area (Å²) in [6.07, 6.45) is 3.71. The van der Waals surface area contributed by atoms with E-state index < -0.39 is 11.9 Å². The topological polar surface area (TPSA) is 97.4 Å². The molecule has 0 bridgehead atoms. The third-order valence-corrected chi connectivity index (χ3v) is 4.42. The van der Waals surface area contributed by atoms with Crippen molar-refractivity contribution in [3.63, 3.8) is 0 Å². The Hall–Kier alpha value is -4.07. The zero-order valence-electron chi connectivity index (χ0n) is 18.9. The number of hydrogen-bond donors (Lipinski definition) is 0. The average Bonchev–Trinajstić information content (AvgIpc) is 2.85. The van der Waals surface area contributed by atoms with Gasteiger partial charge < -0.3 is 23.7 Å². The van der Waals surface area contributed by atoms with Crippen molar-refractivity contribution in [2.45, 2.75) is 25.7 Å². The number of hydrogen-bond acceptors (Lipinski definition) is 8. The lowest BCUT2D eigenvalue weighted by Gasteiger charge is -2.09. The van der Waals surface area contributed by atoms with Crippen LogP contribution in [-0.2, 0) is 19.1 Å². The summed E-state index contributed by atoms with van der Waals surface area (Å²) in [6, 6.07) is 13.2. The van der Waals surface area contributed by atoms with Gasteiger partial charge in [0.1, 0.15) is 23.0 Å². The van der Waals surface area contributed by atoms with E-state index in [-0.39, 0.29) is 19.5 Å². The van der Waals surface area contributed by atoms with Crippen LogP contribution in [-0.4, -0.2) is 38.2 Å². The van der Waals surface area contributed by atoms with Crippen LogP contribution in [0.4, 0.5) is 0 Å². The van der Waals surface area contributed by atoms with Gasteiger partial charge in [0.2, 0.25) is 0 Å².